The number of hydrogen-bond donors (Lipinski definition) is 0. The molecule has 0 aromatic heterocycles. The molecule has 0 radical (unpaired) electrons. The Balaban J connectivity index is 0. The van der Waals surface area contributed by atoms with Gasteiger partial charge in [0.1, 0.15) is 10.5 Å². The average molecular weight is 116 g/mol. The molecule has 0 N–H and O–H groups in total. The molecule has 0 rings (SSSR count). The van der Waals surface area contributed by atoms with Gasteiger partial charge in [0.05, 0.1) is 0 Å². The summed E-state index contributed by atoms with van der Waals surface area (Å²) in [6, 6.07) is 0. The fourth-order valence-electron chi connectivity index (χ4n) is 0. The molecule has 0 aliphatic rings. The van der Waals surface area contributed by atoms with Gasteiger partial charge in [-0.2, -0.15) is 0 Å². The van der Waals surface area contributed by atoms with E-state index in [9.17, 15) is 0 Å². The van der Waals surface area contributed by atoms with Crippen molar-refractivity contribution in [3.63, 3.8) is 0 Å². The Morgan fingerprint density at radius 2 is 1.57 bits per heavy atom. The smallest absolute Gasteiger partial charge is 0.145 e. The Hall–Kier alpha value is -0.343. The van der Waals surface area contributed by atoms with Crippen LogP contribution in [0.15, 0.2) is 25.3 Å². The van der Waals surface area contributed by atoms with E-state index in [2.05, 4.69) is 17.6 Å². The van der Waals surface area contributed by atoms with Crippen LogP contribution in [-0.2, 0) is 4.43 Å². The summed E-state index contributed by atoms with van der Waals surface area (Å²) in [6.45, 7) is 6.72. The fraction of sp³-hybridized carbons (Fsp3) is 0.200. The summed E-state index contributed by atoms with van der Waals surface area (Å²) >= 11 is 0. The van der Waals surface area contributed by atoms with E-state index in [0.717, 1.165) is 10.5 Å². The van der Waals surface area contributed by atoms with Crippen molar-refractivity contribution in [1.29, 1.82) is 0 Å². The molecule has 0 aliphatic heterocycles. The van der Waals surface area contributed by atoms with Gasteiger partial charge in [-0.1, -0.05) is 25.3 Å². The Labute approximate surface area is 48.2 Å². The molecule has 0 saturated heterocycles. The minimum absolute atomic E-state index is 0.869. The molecule has 0 spiro atoms. The lowest BCUT2D eigenvalue weighted by atomic mass is 10.6. The van der Waals surface area contributed by atoms with E-state index in [-0.39, 0.29) is 0 Å². The molecule has 0 bridgehead atoms. The second kappa shape index (κ2) is 17.4. The van der Waals surface area contributed by atoms with Crippen molar-refractivity contribution in [2.75, 3.05) is 7.11 Å². The first kappa shape index (κ1) is 9.82. The van der Waals surface area contributed by atoms with Gasteiger partial charge in [0.25, 0.3) is 0 Å². The molecule has 0 aliphatic carbocycles. The lowest BCUT2D eigenvalue weighted by Gasteiger charge is -1.61. The van der Waals surface area contributed by atoms with Crippen LogP contribution < -0.4 is 0 Å². The molecule has 0 amide bonds. The minimum atomic E-state index is 0.869. The van der Waals surface area contributed by atoms with Crippen molar-refractivity contribution in [3.8, 4) is 0 Å². The summed E-state index contributed by atoms with van der Waals surface area (Å²) in [5, 5.41) is 0. The van der Waals surface area contributed by atoms with Crippen LogP contribution >= 0.6 is 0 Å². The first-order chi connectivity index (χ1) is 3.33. The molecular formula is C5H12OSi. The lowest BCUT2D eigenvalue weighted by molar-refractivity contribution is 0.460. The Morgan fingerprint density at radius 1 is 1.43 bits per heavy atom. The van der Waals surface area contributed by atoms with Crippen LogP contribution in [0, 0.1) is 0 Å². The standard InChI is InChI=1S/C4H6.CH6OSi/c1-3-4-2;1-2-3/h3-4H,1-2H2;1,3H3. The highest BCUT2D eigenvalue weighted by Crippen LogP contribution is 1.52. The van der Waals surface area contributed by atoms with Gasteiger partial charge < -0.3 is 4.43 Å². The molecule has 0 aromatic carbocycles. The maximum Gasteiger partial charge on any atom is 0.145 e. The van der Waals surface area contributed by atoms with E-state index < -0.39 is 0 Å². The highest BCUT2D eigenvalue weighted by atomic mass is 28.2. The van der Waals surface area contributed by atoms with Crippen LogP contribution in [0.1, 0.15) is 0 Å². The van der Waals surface area contributed by atoms with Gasteiger partial charge in [-0.25, -0.2) is 0 Å². The van der Waals surface area contributed by atoms with Crippen molar-refractivity contribution < 1.29 is 4.43 Å². The molecule has 1 nitrogen and oxygen atoms in total. The molecule has 0 saturated carbocycles. The van der Waals surface area contributed by atoms with Crippen molar-refractivity contribution >= 4 is 10.5 Å². The Morgan fingerprint density at radius 3 is 1.57 bits per heavy atom. The van der Waals surface area contributed by atoms with E-state index in [0.29, 0.717) is 0 Å². The van der Waals surface area contributed by atoms with Crippen LogP contribution in [0.3, 0.4) is 0 Å². The van der Waals surface area contributed by atoms with Gasteiger partial charge >= 0.3 is 0 Å². The molecule has 7 heavy (non-hydrogen) atoms. The number of rotatable bonds is 1. The summed E-state index contributed by atoms with van der Waals surface area (Å²) in [6.07, 6.45) is 3.28. The second-order valence-electron chi connectivity index (χ2n) is 0.880. The van der Waals surface area contributed by atoms with Gasteiger partial charge in [0.15, 0.2) is 0 Å². The monoisotopic (exact) mass is 116 g/mol. The summed E-state index contributed by atoms with van der Waals surface area (Å²) in [4.78, 5) is 0. The van der Waals surface area contributed by atoms with Gasteiger partial charge in [0.2, 0.25) is 0 Å². The maximum absolute atomic E-state index is 4.39. The molecule has 42 valence electrons. The maximum atomic E-state index is 4.39. The molecule has 2 heteroatoms. The predicted molar refractivity (Wildman–Crippen MR) is 37.3 cm³/mol. The SMILES string of the molecule is C=CC=C.CO[SiH3]. The number of hydrogen-bond acceptors (Lipinski definition) is 1. The van der Waals surface area contributed by atoms with E-state index in [1.807, 2.05) is 0 Å². The van der Waals surface area contributed by atoms with Crippen molar-refractivity contribution in [2.45, 2.75) is 0 Å². The summed E-state index contributed by atoms with van der Waals surface area (Å²) in [7, 11) is 2.56. The van der Waals surface area contributed by atoms with E-state index in [1.54, 1.807) is 19.3 Å². The average Bonchev–Trinajstić information content (AvgIpc) is 1.69. The van der Waals surface area contributed by atoms with Gasteiger partial charge in [-0.3, -0.25) is 0 Å². The van der Waals surface area contributed by atoms with E-state index in [1.165, 1.54) is 0 Å². The number of allylic oxidation sites excluding steroid dienone is 2. The summed E-state index contributed by atoms with van der Waals surface area (Å²) in [5.41, 5.74) is 0. The first-order valence-corrected chi connectivity index (χ1v) is 2.78. The Bertz CT molecular complexity index is 37.3. The highest BCUT2D eigenvalue weighted by Gasteiger charge is 1.29. The van der Waals surface area contributed by atoms with E-state index >= 15 is 0 Å². The third-order valence-electron chi connectivity index (χ3n) is 0.167. The lowest BCUT2D eigenvalue weighted by Crippen LogP contribution is -1.60. The van der Waals surface area contributed by atoms with Crippen molar-refractivity contribution in [3.05, 3.63) is 25.3 Å². The van der Waals surface area contributed by atoms with E-state index in [4.69, 9.17) is 0 Å². The molecular weight excluding hydrogens is 104 g/mol. The predicted octanol–water partition coefficient (Wildman–Crippen LogP) is 0.272. The van der Waals surface area contributed by atoms with Crippen LogP contribution in [0.25, 0.3) is 0 Å². The van der Waals surface area contributed by atoms with Crippen molar-refractivity contribution in [2.24, 2.45) is 0 Å². The zero-order valence-electron chi connectivity index (χ0n) is 4.98. The highest BCUT2D eigenvalue weighted by molar-refractivity contribution is 5.97. The molecule has 0 unspecified atom stereocenters. The normalized spacial score (nSPS) is 5.86. The zero-order chi connectivity index (χ0) is 6.12. The van der Waals surface area contributed by atoms with Crippen LogP contribution in [0.2, 0.25) is 0 Å². The minimum Gasteiger partial charge on any atom is -0.431 e. The van der Waals surface area contributed by atoms with Crippen molar-refractivity contribution in [1.82, 2.24) is 0 Å². The van der Waals surface area contributed by atoms with Crippen LogP contribution in [0.4, 0.5) is 0 Å². The van der Waals surface area contributed by atoms with Crippen LogP contribution in [-0.4, -0.2) is 17.6 Å². The fourth-order valence-corrected chi connectivity index (χ4v) is 0. The summed E-state index contributed by atoms with van der Waals surface area (Å²) < 4.78 is 4.39. The first-order valence-electron chi connectivity index (χ1n) is 1.97. The third kappa shape index (κ3) is 175. The van der Waals surface area contributed by atoms with Gasteiger partial charge in [-0.05, 0) is 0 Å². The molecule has 0 heterocycles. The van der Waals surface area contributed by atoms with Gasteiger partial charge in [0, 0.05) is 7.11 Å². The van der Waals surface area contributed by atoms with Crippen LogP contribution in [0.5, 0.6) is 0 Å². The Kier molecular flexibility index (Phi) is 24.4. The third-order valence-corrected chi connectivity index (χ3v) is 0.167. The zero-order valence-corrected chi connectivity index (χ0v) is 6.98. The largest absolute Gasteiger partial charge is 0.431 e. The molecule has 0 atom stereocenters. The second-order valence-corrected chi connectivity index (χ2v) is 1.70. The molecule has 0 aromatic rings. The topological polar surface area (TPSA) is 9.23 Å². The van der Waals surface area contributed by atoms with Gasteiger partial charge in [-0.15, -0.1) is 0 Å². The molecule has 0 fully saturated rings. The summed E-state index contributed by atoms with van der Waals surface area (Å²) in [5.74, 6) is 0. The quantitative estimate of drug-likeness (QED) is 0.353.